The van der Waals surface area contributed by atoms with Gasteiger partial charge in [-0.1, -0.05) is 0 Å². The zero-order valence-electron chi connectivity index (χ0n) is 9.61. The SMILES string of the molecule is CCOC(=O)CCC(=O)Cc1ccncc1F. The highest BCUT2D eigenvalue weighted by Gasteiger charge is 2.10. The third-order valence-corrected chi connectivity index (χ3v) is 2.16. The van der Waals surface area contributed by atoms with E-state index in [2.05, 4.69) is 4.98 Å². The number of carbonyl (C=O) groups excluding carboxylic acids is 2. The molecule has 4 nitrogen and oxygen atoms in total. The van der Waals surface area contributed by atoms with Crippen molar-refractivity contribution in [2.45, 2.75) is 26.2 Å². The topological polar surface area (TPSA) is 56.3 Å². The maximum atomic E-state index is 13.2. The molecule has 0 atom stereocenters. The molecular formula is C12H14FNO3. The van der Waals surface area contributed by atoms with Gasteiger partial charge in [0.2, 0.25) is 0 Å². The minimum atomic E-state index is -0.503. The molecule has 0 fully saturated rings. The Bertz CT molecular complexity index is 406. The van der Waals surface area contributed by atoms with E-state index in [-0.39, 0.29) is 25.0 Å². The van der Waals surface area contributed by atoms with Crippen molar-refractivity contribution in [3.05, 3.63) is 29.8 Å². The smallest absolute Gasteiger partial charge is 0.306 e. The van der Waals surface area contributed by atoms with Gasteiger partial charge in [-0.25, -0.2) is 4.39 Å². The maximum Gasteiger partial charge on any atom is 0.306 e. The van der Waals surface area contributed by atoms with Crippen LogP contribution in [0.3, 0.4) is 0 Å². The van der Waals surface area contributed by atoms with E-state index in [1.54, 1.807) is 6.92 Å². The van der Waals surface area contributed by atoms with Crippen LogP contribution in [0.4, 0.5) is 4.39 Å². The zero-order chi connectivity index (χ0) is 12.7. The number of hydrogen-bond acceptors (Lipinski definition) is 4. The second kappa shape index (κ2) is 6.73. The summed E-state index contributed by atoms with van der Waals surface area (Å²) in [5.74, 6) is -1.10. The maximum absolute atomic E-state index is 13.2. The number of halogens is 1. The summed E-state index contributed by atoms with van der Waals surface area (Å²) in [7, 11) is 0. The number of carbonyl (C=O) groups is 2. The Kier molecular flexibility index (Phi) is 5.26. The Hall–Kier alpha value is -1.78. The fourth-order valence-corrected chi connectivity index (χ4v) is 1.32. The van der Waals surface area contributed by atoms with Gasteiger partial charge in [-0.15, -0.1) is 0 Å². The first-order valence-corrected chi connectivity index (χ1v) is 5.39. The second-order valence-electron chi connectivity index (χ2n) is 3.49. The number of ketones is 1. The molecule has 0 aliphatic rings. The first-order valence-electron chi connectivity index (χ1n) is 5.39. The molecule has 0 aliphatic carbocycles. The third kappa shape index (κ3) is 4.72. The standard InChI is InChI=1S/C12H14FNO3/c1-2-17-12(16)4-3-10(15)7-9-5-6-14-8-11(9)13/h5-6,8H,2-4,7H2,1H3. The Balaban J connectivity index is 2.40. The van der Waals surface area contributed by atoms with Crippen molar-refractivity contribution in [1.29, 1.82) is 0 Å². The van der Waals surface area contributed by atoms with Gasteiger partial charge in [0, 0.05) is 19.0 Å². The summed E-state index contributed by atoms with van der Waals surface area (Å²) >= 11 is 0. The molecular weight excluding hydrogens is 225 g/mol. The molecule has 1 heterocycles. The molecule has 0 saturated carbocycles. The van der Waals surface area contributed by atoms with E-state index in [0.717, 1.165) is 6.20 Å². The van der Waals surface area contributed by atoms with Crippen LogP contribution in [0.1, 0.15) is 25.3 Å². The van der Waals surface area contributed by atoms with Gasteiger partial charge in [0.05, 0.1) is 19.2 Å². The minimum absolute atomic E-state index is 0.0201. The molecule has 1 aromatic rings. The number of hydrogen-bond donors (Lipinski definition) is 0. The number of esters is 1. The fraction of sp³-hybridized carbons (Fsp3) is 0.417. The van der Waals surface area contributed by atoms with Crippen LogP contribution in [-0.2, 0) is 20.7 Å². The highest BCUT2D eigenvalue weighted by molar-refractivity contribution is 5.84. The zero-order valence-corrected chi connectivity index (χ0v) is 9.61. The Morgan fingerprint density at radius 2 is 2.18 bits per heavy atom. The molecule has 1 rings (SSSR count). The number of nitrogens with zero attached hydrogens (tertiary/aromatic N) is 1. The van der Waals surface area contributed by atoms with Gasteiger partial charge in [-0.05, 0) is 18.6 Å². The summed E-state index contributed by atoms with van der Waals surface area (Å²) < 4.78 is 17.9. The van der Waals surface area contributed by atoms with Crippen molar-refractivity contribution >= 4 is 11.8 Å². The van der Waals surface area contributed by atoms with E-state index >= 15 is 0 Å². The van der Waals surface area contributed by atoms with Crippen molar-refractivity contribution in [3.8, 4) is 0 Å². The molecule has 0 radical (unpaired) electrons. The van der Waals surface area contributed by atoms with Crippen LogP contribution in [0, 0.1) is 5.82 Å². The lowest BCUT2D eigenvalue weighted by Crippen LogP contribution is -2.10. The van der Waals surface area contributed by atoms with Crippen LogP contribution < -0.4 is 0 Å². The molecule has 0 aliphatic heterocycles. The lowest BCUT2D eigenvalue weighted by molar-refractivity contribution is -0.144. The molecule has 0 unspecified atom stereocenters. The van der Waals surface area contributed by atoms with E-state index in [4.69, 9.17) is 4.74 Å². The van der Waals surface area contributed by atoms with Crippen LogP contribution in [0.25, 0.3) is 0 Å². The Labute approximate surface area is 98.8 Å². The predicted octanol–water partition coefficient (Wildman–Crippen LogP) is 1.68. The van der Waals surface area contributed by atoms with E-state index in [9.17, 15) is 14.0 Å². The Morgan fingerprint density at radius 1 is 1.41 bits per heavy atom. The lowest BCUT2D eigenvalue weighted by Gasteiger charge is -2.02. The summed E-state index contributed by atoms with van der Waals surface area (Å²) in [4.78, 5) is 26.1. The van der Waals surface area contributed by atoms with Crippen LogP contribution >= 0.6 is 0 Å². The molecule has 92 valence electrons. The highest BCUT2D eigenvalue weighted by Crippen LogP contribution is 2.07. The molecule has 0 amide bonds. The van der Waals surface area contributed by atoms with Crippen molar-refractivity contribution in [1.82, 2.24) is 4.98 Å². The highest BCUT2D eigenvalue weighted by atomic mass is 19.1. The van der Waals surface area contributed by atoms with Gasteiger partial charge < -0.3 is 4.74 Å². The van der Waals surface area contributed by atoms with E-state index in [0.29, 0.717) is 12.2 Å². The first-order chi connectivity index (χ1) is 8.13. The summed E-state index contributed by atoms with van der Waals surface area (Å²) in [6.45, 7) is 2.00. The minimum Gasteiger partial charge on any atom is -0.466 e. The number of ether oxygens (including phenoxy) is 1. The van der Waals surface area contributed by atoms with Gasteiger partial charge in [-0.2, -0.15) is 0 Å². The quantitative estimate of drug-likeness (QED) is 0.709. The molecule has 0 aromatic carbocycles. The van der Waals surface area contributed by atoms with Crippen molar-refractivity contribution in [2.24, 2.45) is 0 Å². The van der Waals surface area contributed by atoms with E-state index < -0.39 is 11.8 Å². The number of pyridine rings is 1. The number of aromatic nitrogens is 1. The van der Waals surface area contributed by atoms with Gasteiger partial charge in [0.25, 0.3) is 0 Å². The average molecular weight is 239 g/mol. The molecule has 0 bridgehead atoms. The van der Waals surface area contributed by atoms with Crippen LogP contribution in [0.2, 0.25) is 0 Å². The van der Waals surface area contributed by atoms with Gasteiger partial charge in [-0.3, -0.25) is 14.6 Å². The monoisotopic (exact) mass is 239 g/mol. The summed E-state index contributed by atoms with van der Waals surface area (Å²) in [5, 5.41) is 0. The van der Waals surface area contributed by atoms with Gasteiger partial charge in [0.1, 0.15) is 11.6 Å². The number of rotatable bonds is 6. The third-order valence-electron chi connectivity index (χ3n) is 2.16. The van der Waals surface area contributed by atoms with Crippen molar-refractivity contribution < 1.29 is 18.7 Å². The van der Waals surface area contributed by atoms with Crippen molar-refractivity contribution in [2.75, 3.05) is 6.61 Å². The summed E-state index contributed by atoms with van der Waals surface area (Å²) in [5.41, 5.74) is 0.300. The molecule has 17 heavy (non-hydrogen) atoms. The molecule has 1 aromatic heterocycles. The largest absolute Gasteiger partial charge is 0.466 e. The van der Waals surface area contributed by atoms with Crippen molar-refractivity contribution in [3.63, 3.8) is 0 Å². The average Bonchev–Trinajstić information content (AvgIpc) is 2.30. The molecule has 0 N–H and O–H groups in total. The fourth-order valence-electron chi connectivity index (χ4n) is 1.32. The molecule has 0 spiro atoms. The van der Waals surface area contributed by atoms with Crippen LogP contribution in [0.15, 0.2) is 18.5 Å². The first kappa shape index (κ1) is 13.3. The second-order valence-corrected chi connectivity index (χ2v) is 3.49. The lowest BCUT2D eigenvalue weighted by atomic mass is 10.1. The summed E-state index contributed by atoms with van der Waals surface area (Å²) in [6, 6.07) is 1.46. The molecule has 5 heteroatoms. The van der Waals surface area contributed by atoms with Crippen LogP contribution in [-0.4, -0.2) is 23.3 Å². The van der Waals surface area contributed by atoms with E-state index in [1.165, 1.54) is 12.3 Å². The van der Waals surface area contributed by atoms with Crippen LogP contribution in [0.5, 0.6) is 0 Å². The summed E-state index contributed by atoms with van der Waals surface area (Å²) in [6.07, 6.45) is 2.58. The van der Waals surface area contributed by atoms with Gasteiger partial charge >= 0.3 is 5.97 Å². The number of Topliss-reactive ketones (excluding diaryl/α,β-unsaturated/α-hetero) is 1. The normalized spacial score (nSPS) is 10.0. The van der Waals surface area contributed by atoms with Gasteiger partial charge in [0.15, 0.2) is 0 Å². The molecule has 0 saturated heterocycles. The Morgan fingerprint density at radius 3 is 2.82 bits per heavy atom. The van der Waals surface area contributed by atoms with E-state index in [1.807, 2.05) is 0 Å². The predicted molar refractivity (Wildman–Crippen MR) is 58.8 cm³/mol.